The second-order valence-electron chi connectivity index (χ2n) is 4.17. The predicted octanol–water partition coefficient (Wildman–Crippen LogP) is -0.951. The molecule has 1 aliphatic heterocycles. The van der Waals surface area contributed by atoms with E-state index >= 15 is 0 Å². The number of nitrogens with zero attached hydrogens (tertiary/aromatic N) is 4. The van der Waals surface area contributed by atoms with Crippen molar-refractivity contribution in [1.82, 2.24) is 19.7 Å². The van der Waals surface area contributed by atoms with Crippen LogP contribution in [0.5, 0.6) is 0 Å². The van der Waals surface area contributed by atoms with E-state index in [0.717, 1.165) is 0 Å². The Bertz CT molecular complexity index is 572. The maximum Gasteiger partial charge on any atom is 0.202 e. The largest absolute Gasteiger partial charge is 0.394 e. The highest BCUT2D eigenvalue weighted by Crippen LogP contribution is 2.31. The molecule has 96 valence electrons. The summed E-state index contributed by atoms with van der Waals surface area (Å²) in [5.74, 6) is 0.342. The second kappa shape index (κ2) is 4.16. The van der Waals surface area contributed by atoms with E-state index < -0.39 is 18.4 Å². The molecule has 8 heteroatoms. The van der Waals surface area contributed by atoms with Crippen LogP contribution < -0.4 is 5.73 Å². The zero-order chi connectivity index (χ0) is 12.7. The zero-order valence-electron chi connectivity index (χ0n) is 9.47. The Balaban J connectivity index is 1.98. The van der Waals surface area contributed by atoms with Crippen LogP contribution in [0.2, 0.25) is 0 Å². The van der Waals surface area contributed by atoms with E-state index in [9.17, 15) is 5.11 Å². The van der Waals surface area contributed by atoms with Crippen molar-refractivity contribution in [3.63, 3.8) is 0 Å². The van der Waals surface area contributed by atoms with Crippen molar-refractivity contribution >= 4 is 17.0 Å². The van der Waals surface area contributed by atoms with Crippen molar-refractivity contribution in [2.75, 3.05) is 12.3 Å². The Morgan fingerprint density at radius 3 is 2.89 bits per heavy atom. The molecule has 3 rings (SSSR count). The molecule has 0 aliphatic carbocycles. The number of nitrogen functional groups attached to an aromatic ring is 1. The molecule has 1 fully saturated rings. The van der Waals surface area contributed by atoms with Crippen LogP contribution in [0, 0.1) is 0 Å². The average molecular weight is 251 g/mol. The Kier molecular flexibility index (Phi) is 2.62. The van der Waals surface area contributed by atoms with Gasteiger partial charge in [-0.25, -0.2) is 14.6 Å². The van der Waals surface area contributed by atoms with Crippen molar-refractivity contribution in [3.05, 3.63) is 12.4 Å². The SMILES string of the molecule is Nc1c2nccnc2nn1[C@H]1C[C@@H](O)[C@@H](CO)O1. The number of aromatic nitrogens is 4. The first-order valence-electron chi connectivity index (χ1n) is 5.59. The molecule has 8 nitrogen and oxygen atoms in total. The van der Waals surface area contributed by atoms with Crippen molar-refractivity contribution in [2.24, 2.45) is 0 Å². The van der Waals surface area contributed by atoms with Crippen LogP contribution in [0.15, 0.2) is 12.4 Å². The molecule has 2 aromatic rings. The summed E-state index contributed by atoms with van der Waals surface area (Å²) in [4.78, 5) is 8.14. The van der Waals surface area contributed by atoms with Crippen LogP contribution >= 0.6 is 0 Å². The number of anilines is 1. The lowest BCUT2D eigenvalue weighted by Crippen LogP contribution is -2.24. The first-order chi connectivity index (χ1) is 8.70. The van der Waals surface area contributed by atoms with Gasteiger partial charge in [0.25, 0.3) is 0 Å². The minimum Gasteiger partial charge on any atom is -0.394 e. The molecule has 18 heavy (non-hydrogen) atoms. The van der Waals surface area contributed by atoms with Gasteiger partial charge in [-0.05, 0) is 0 Å². The highest BCUT2D eigenvalue weighted by atomic mass is 16.5. The number of ether oxygens (including phenoxy) is 1. The molecule has 3 heterocycles. The van der Waals surface area contributed by atoms with E-state index in [2.05, 4.69) is 15.1 Å². The highest BCUT2D eigenvalue weighted by Gasteiger charge is 2.36. The molecule has 0 radical (unpaired) electrons. The summed E-state index contributed by atoms with van der Waals surface area (Å²) in [5.41, 5.74) is 6.86. The molecular formula is C10H13N5O3. The monoisotopic (exact) mass is 251 g/mol. The summed E-state index contributed by atoms with van der Waals surface area (Å²) >= 11 is 0. The van der Waals surface area contributed by atoms with E-state index in [4.69, 9.17) is 15.6 Å². The van der Waals surface area contributed by atoms with Crippen molar-refractivity contribution < 1.29 is 14.9 Å². The summed E-state index contributed by atoms with van der Waals surface area (Å²) in [5, 5.41) is 22.9. The van der Waals surface area contributed by atoms with Crippen LogP contribution in [0.4, 0.5) is 5.82 Å². The molecule has 0 spiro atoms. The first-order valence-corrected chi connectivity index (χ1v) is 5.59. The van der Waals surface area contributed by atoms with Gasteiger partial charge >= 0.3 is 0 Å². The van der Waals surface area contributed by atoms with Crippen LogP contribution in [0.25, 0.3) is 11.2 Å². The molecule has 0 amide bonds. The Morgan fingerprint density at radius 2 is 2.22 bits per heavy atom. The first kappa shape index (κ1) is 11.3. The van der Waals surface area contributed by atoms with E-state index in [1.807, 2.05) is 0 Å². The van der Waals surface area contributed by atoms with Gasteiger partial charge in [-0.15, -0.1) is 5.10 Å². The number of hydrogen-bond donors (Lipinski definition) is 3. The van der Waals surface area contributed by atoms with E-state index in [-0.39, 0.29) is 6.61 Å². The maximum atomic E-state index is 9.69. The quantitative estimate of drug-likeness (QED) is 0.629. The Morgan fingerprint density at radius 1 is 1.44 bits per heavy atom. The fraction of sp³-hybridized carbons (Fsp3) is 0.500. The van der Waals surface area contributed by atoms with Crippen molar-refractivity contribution in [1.29, 1.82) is 0 Å². The van der Waals surface area contributed by atoms with Gasteiger partial charge in [-0.3, -0.25) is 0 Å². The number of fused-ring (bicyclic) bond motifs is 1. The minimum atomic E-state index is -0.729. The van der Waals surface area contributed by atoms with E-state index in [0.29, 0.717) is 23.4 Å². The fourth-order valence-corrected chi connectivity index (χ4v) is 2.10. The van der Waals surface area contributed by atoms with E-state index in [1.165, 1.54) is 17.1 Å². The summed E-state index contributed by atoms with van der Waals surface area (Å²) in [6, 6.07) is 0. The zero-order valence-corrected chi connectivity index (χ0v) is 9.47. The lowest BCUT2D eigenvalue weighted by Gasteiger charge is -2.13. The predicted molar refractivity (Wildman–Crippen MR) is 61.4 cm³/mol. The highest BCUT2D eigenvalue weighted by molar-refractivity contribution is 5.81. The summed E-state index contributed by atoms with van der Waals surface area (Å²) < 4.78 is 6.93. The molecular weight excluding hydrogens is 238 g/mol. The van der Waals surface area contributed by atoms with Gasteiger partial charge < -0.3 is 20.7 Å². The number of aliphatic hydroxyl groups excluding tert-OH is 2. The topological polar surface area (TPSA) is 119 Å². The smallest absolute Gasteiger partial charge is 0.202 e. The molecule has 1 saturated heterocycles. The van der Waals surface area contributed by atoms with Gasteiger partial charge in [0.2, 0.25) is 5.65 Å². The normalized spacial score (nSPS) is 28.0. The van der Waals surface area contributed by atoms with Crippen LogP contribution in [0.1, 0.15) is 12.6 Å². The van der Waals surface area contributed by atoms with Gasteiger partial charge in [0.05, 0.1) is 12.7 Å². The van der Waals surface area contributed by atoms with Gasteiger partial charge in [-0.2, -0.15) is 0 Å². The van der Waals surface area contributed by atoms with Gasteiger partial charge in [0.15, 0.2) is 17.6 Å². The van der Waals surface area contributed by atoms with Crippen LogP contribution in [-0.2, 0) is 4.74 Å². The molecule has 3 atom stereocenters. The van der Waals surface area contributed by atoms with E-state index in [1.54, 1.807) is 0 Å². The molecule has 0 aromatic carbocycles. The molecule has 4 N–H and O–H groups in total. The van der Waals surface area contributed by atoms with Crippen molar-refractivity contribution in [3.8, 4) is 0 Å². The second-order valence-corrected chi connectivity index (χ2v) is 4.17. The number of aliphatic hydroxyl groups is 2. The lowest BCUT2D eigenvalue weighted by molar-refractivity contribution is -0.0474. The third-order valence-electron chi connectivity index (χ3n) is 3.03. The third-order valence-corrected chi connectivity index (χ3v) is 3.03. The minimum absolute atomic E-state index is 0.241. The molecule has 0 saturated carbocycles. The number of rotatable bonds is 2. The Hall–Kier alpha value is -1.77. The molecule has 0 bridgehead atoms. The van der Waals surface area contributed by atoms with Gasteiger partial charge in [0.1, 0.15) is 6.10 Å². The molecule has 0 unspecified atom stereocenters. The molecule has 1 aliphatic rings. The molecule has 2 aromatic heterocycles. The standard InChI is InChI=1S/C10H13N5O3/c11-9-8-10(13-2-1-12-8)14-15(9)7-3-5(17)6(4-16)18-7/h1-2,5-7,16-17H,3-4,11H2/t5-,6-,7-/m1/s1. The van der Waals surface area contributed by atoms with Gasteiger partial charge in [-0.1, -0.05) is 0 Å². The van der Waals surface area contributed by atoms with Gasteiger partial charge in [0, 0.05) is 18.8 Å². The van der Waals surface area contributed by atoms with Crippen molar-refractivity contribution in [2.45, 2.75) is 24.9 Å². The summed E-state index contributed by atoms with van der Waals surface area (Å²) in [7, 11) is 0. The van der Waals surface area contributed by atoms with Crippen LogP contribution in [0.3, 0.4) is 0 Å². The lowest BCUT2D eigenvalue weighted by atomic mass is 10.2. The third kappa shape index (κ3) is 1.62. The average Bonchev–Trinajstić information content (AvgIpc) is 2.91. The fourth-order valence-electron chi connectivity index (χ4n) is 2.10. The number of nitrogens with two attached hydrogens (primary N) is 1. The maximum absolute atomic E-state index is 9.69. The van der Waals surface area contributed by atoms with Crippen LogP contribution in [-0.4, -0.2) is 48.8 Å². The number of hydrogen-bond acceptors (Lipinski definition) is 7. The Labute approximate surface area is 102 Å². The summed E-state index contributed by atoms with van der Waals surface area (Å²) in [6.45, 7) is -0.241. The summed E-state index contributed by atoms with van der Waals surface area (Å²) in [6.07, 6.45) is 1.54.